The molecule has 1 N–H and O–H groups in total. The van der Waals surface area contributed by atoms with E-state index in [0.717, 1.165) is 16.9 Å². The van der Waals surface area contributed by atoms with Crippen LogP contribution in [0.3, 0.4) is 0 Å². The number of amides is 1. The van der Waals surface area contributed by atoms with Crippen molar-refractivity contribution in [3.63, 3.8) is 0 Å². The fourth-order valence-corrected chi connectivity index (χ4v) is 6.70. The summed E-state index contributed by atoms with van der Waals surface area (Å²) >= 11 is 7.10. The molecule has 6 rings (SSSR count). The van der Waals surface area contributed by atoms with Crippen molar-refractivity contribution in [1.82, 2.24) is 14.9 Å². The van der Waals surface area contributed by atoms with Crippen molar-refractivity contribution in [1.29, 1.82) is 0 Å². The number of anilines is 2. The molecular formula is C25H24N6O2S2. The number of para-hydroxylation sites is 2. The van der Waals surface area contributed by atoms with Crippen LogP contribution in [0.4, 0.5) is 11.4 Å². The number of nitrogens with zero attached hydrogens (tertiary/aromatic N) is 5. The standard InChI is InChI=1S/C25H24N6O2S2/c1-4-28-20-21(30(25(28)34)15-10-6-5-7-11-15)31-23(33)19(35-24(31)27-26-20)18-16-12-8-9-13-17(16)29(14(2)3)22(18)32/h5-14,20-21,26H,4H2,1-3H3/b19-18-. The second-order valence-corrected chi connectivity index (χ2v) is 10.3. The van der Waals surface area contributed by atoms with E-state index in [2.05, 4.69) is 10.5 Å². The lowest BCUT2D eigenvalue weighted by Crippen LogP contribution is -2.53. The smallest absolute Gasteiger partial charge is 0.273 e. The minimum absolute atomic E-state index is 0.0342. The molecule has 3 aromatic rings. The first-order chi connectivity index (χ1) is 16.9. The number of fused-ring (bicyclic) bond motifs is 4. The first-order valence-electron chi connectivity index (χ1n) is 11.6. The largest absolute Gasteiger partial charge is 0.324 e. The van der Waals surface area contributed by atoms with E-state index in [1.807, 2.05) is 85.2 Å². The average molecular weight is 505 g/mol. The summed E-state index contributed by atoms with van der Waals surface area (Å²) in [7, 11) is 0. The van der Waals surface area contributed by atoms with Gasteiger partial charge in [-0.25, -0.2) is 0 Å². The second kappa shape index (κ2) is 8.03. The van der Waals surface area contributed by atoms with E-state index in [4.69, 9.17) is 12.2 Å². The van der Waals surface area contributed by atoms with Crippen molar-refractivity contribution in [2.45, 2.75) is 39.1 Å². The van der Waals surface area contributed by atoms with Crippen LogP contribution in [0.25, 0.3) is 5.57 Å². The molecule has 0 radical (unpaired) electrons. The Hall–Kier alpha value is -3.50. The molecule has 3 aliphatic heterocycles. The van der Waals surface area contributed by atoms with Crippen LogP contribution in [-0.2, 0) is 4.79 Å². The van der Waals surface area contributed by atoms with Gasteiger partial charge >= 0.3 is 0 Å². The average Bonchev–Trinajstić information content (AvgIpc) is 3.44. The lowest BCUT2D eigenvalue weighted by Gasteiger charge is -2.30. The van der Waals surface area contributed by atoms with E-state index in [1.54, 1.807) is 9.47 Å². The van der Waals surface area contributed by atoms with Gasteiger partial charge in [0.1, 0.15) is 4.53 Å². The number of likely N-dealkylation sites (N-methyl/N-ethyl adjacent to an activating group) is 1. The summed E-state index contributed by atoms with van der Waals surface area (Å²) in [5, 5.41) is 5.18. The van der Waals surface area contributed by atoms with Gasteiger partial charge in [0.15, 0.2) is 17.4 Å². The Labute approximate surface area is 211 Å². The molecule has 2 atom stereocenters. The highest BCUT2D eigenvalue weighted by molar-refractivity contribution is 7.80. The highest BCUT2D eigenvalue weighted by atomic mass is 32.1. The van der Waals surface area contributed by atoms with Crippen LogP contribution in [-0.4, -0.2) is 39.2 Å². The molecule has 2 aromatic carbocycles. The monoisotopic (exact) mass is 504 g/mol. The zero-order chi connectivity index (χ0) is 24.4. The van der Waals surface area contributed by atoms with E-state index < -0.39 is 6.17 Å². The maximum atomic E-state index is 14.1. The van der Waals surface area contributed by atoms with E-state index in [9.17, 15) is 9.59 Å². The molecule has 0 aliphatic carbocycles. The Morgan fingerprint density at radius 1 is 1.09 bits per heavy atom. The predicted molar refractivity (Wildman–Crippen MR) is 141 cm³/mol. The van der Waals surface area contributed by atoms with Gasteiger partial charge in [0.25, 0.3) is 11.5 Å². The van der Waals surface area contributed by atoms with Gasteiger partial charge in [0, 0.05) is 23.8 Å². The van der Waals surface area contributed by atoms with Crippen molar-refractivity contribution < 1.29 is 4.79 Å². The third-order valence-corrected chi connectivity index (χ3v) is 8.17. The molecule has 3 aliphatic rings. The molecule has 1 fully saturated rings. The maximum Gasteiger partial charge on any atom is 0.273 e. The van der Waals surface area contributed by atoms with Crippen molar-refractivity contribution >= 4 is 51.5 Å². The van der Waals surface area contributed by atoms with Crippen LogP contribution in [0.15, 0.2) is 64.5 Å². The van der Waals surface area contributed by atoms with E-state index in [1.165, 1.54) is 11.3 Å². The third-order valence-electron chi connectivity index (χ3n) is 6.69. The topological polar surface area (TPSA) is 73.2 Å². The summed E-state index contributed by atoms with van der Waals surface area (Å²) in [6.07, 6.45) is -0.729. The van der Waals surface area contributed by atoms with Crippen LogP contribution >= 0.6 is 23.6 Å². The van der Waals surface area contributed by atoms with E-state index in [0.29, 0.717) is 26.6 Å². The molecule has 0 bridgehead atoms. The lowest BCUT2D eigenvalue weighted by atomic mass is 10.1. The predicted octanol–water partition coefficient (Wildman–Crippen LogP) is 1.95. The zero-order valence-electron chi connectivity index (χ0n) is 19.5. The number of thiocarbonyl (C=S) groups is 1. The molecule has 10 heteroatoms. The van der Waals surface area contributed by atoms with E-state index >= 15 is 0 Å². The number of nitrogens with one attached hydrogen (secondary N) is 1. The van der Waals surface area contributed by atoms with Gasteiger partial charge in [0.2, 0.25) is 4.80 Å². The fourth-order valence-electron chi connectivity index (χ4n) is 5.19. The third kappa shape index (κ3) is 3.02. The quantitative estimate of drug-likeness (QED) is 0.550. The van der Waals surface area contributed by atoms with Crippen LogP contribution in [0, 0.1) is 0 Å². The Balaban J connectivity index is 1.61. The fraction of sp³-hybridized carbons (Fsp3) is 0.280. The molecule has 0 saturated carbocycles. The van der Waals surface area contributed by atoms with Crippen LogP contribution < -0.4 is 30.1 Å². The number of benzene rings is 2. The first kappa shape index (κ1) is 22.0. The number of aromatic nitrogens is 1. The number of carbonyl (C=O) groups is 1. The van der Waals surface area contributed by atoms with E-state index in [-0.39, 0.29) is 23.7 Å². The van der Waals surface area contributed by atoms with Gasteiger partial charge in [-0.3, -0.25) is 24.5 Å². The molecule has 0 spiro atoms. The van der Waals surface area contributed by atoms with Crippen LogP contribution in [0.2, 0.25) is 0 Å². The number of hydrogen-bond donors (Lipinski definition) is 1. The summed E-state index contributed by atoms with van der Waals surface area (Å²) < 4.78 is 2.09. The zero-order valence-corrected chi connectivity index (χ0v) is 21.1. The van der Waals surface area contributed by atoms with Gasteiger partial charge < -0.3 is 9.80 Å². The Kier molecular flexibility index (Phi) is 5.05. The molecule has 4 heterocycles. The summed E-state index contributed by atoms with van der Waals surface area (Å²) in [5.41, 5.74) is 5.95. The highest BCUT2D eigenvalue weighted by Crippen LogP contribution is 2.37. The Morgan fingerprint density at radius 2 is 1.80 bits per heavy atom. The summed E-state index contributed by atoms with van der Waals surface area (Å²) in [5.74, 6) is -0.154. The molecule has 8 nitrogen and oxygen atoms in total. The molecule has 178 valence electrons. The Bertz CT molecular complexity index is 1540. The maximum absolute atomic E-state index is 14.1. The number of hydrogen-bond acceptors (Lipinski definition) is 6. The molecule has 1 saturated heterocycles. The van der Waals surface area contributed by atoms with Gasteiger partial charge in [-0.05, 0) is 51.2 Å². The molecule has 35 heavy (non-hydrogen) atoms. The van der Waals surface area contributed by atoms with Crippen molar-refractivity contribution in [3.05, 3.63) is 79.8 Å². The molecule has 1 aromatic heterocycles. The molecule has 2 unspecified atom stereocenters. The van der Waals surface area contributed by atoms with Crippen LogP contribution in [0.5, 0.6) is 0 Å². The SMILES string of the molecule is CCN1C(=S)N(c2ccccc2)C2C1NN=c1s/c(=C3\C(=O)N(C(C)C)c4ccccc43)c(=O)n12. The van der Waals surface area contributed by atoms with Crippen molar-refractivity contribution in [2.75, 3.05) is 16.3 Å². The van der Waals surface area contributed by atoms with Crippen LogP contribution in [0.1, 0.15) is 32.5 Å². The van der Waals surface area contributed by atoms with Gasteiger partial charge in [-0.2, -0.15) is 0 Å². The number of carbonyl (C=O) groups excluding carboxylic acids is 1. The van der Waals surface area contributed by atoms with Crippen molar-refractivity contribution in [3.8, 4) is 0 Å². The summed E-state index contributed by atoms with van der Waals surface area (Å²) in [4.78, 5) is 34.0. The minimum atomic E-state index is -0.427. The minimum Gasteiger partial charge on any atom is -0.324 e. The van der Waals surface area contributed by atoms with Crippen molar-refractivity contribution in [2.24, 2.45) is 5.10 Å². The van der Waals surface area contributed by atoms with Gasteiger partial charge in [0.05, 0.1) is 11.3 Å². The van der Waals surface area contributed by atoms with Gasteiger partial charge in [-0.15, -0.1) is 5.10 Å². The lowest BCUT2D eigenvalue weighted by molar-refractivity contribution is -0.113. The number of thiazole rings is 1. The highest BCUT2D eigenvalue weighted by Gasteiger charge is 2.48. The Morgan fingerprint density at radius 3 is 2.51 bits per heavy atom. The molecule has 1 amide bonds. The summed E-state index contributed by atoms with van der Waals surface area (Å²) in [6, 6.07) is 17.4. The first-order valence-corrected chi connectivity index (χ1v) is 12.8. The molecular weight excluding hydrogens is 480 g/mol. The second-order valence-electron chi connectivity index (χ2n) is 8.92. The van der Waals surface area contributed by atoms with Gasteiger partial charge in [-0.1, -0.05) is 47.7 Å². The summed E-state index contributed by atoms with van der Waals surface area (Å²) in [6.45, 7) is 6.65. The normalized spacial score (nSPS) is 22.2. The number of rotatable bonds is 3.